The van der Waals surface area contributed by atoms with Gasteiger partial charge >= 0.3 is 0 Å². The zero-order valence-corrected chi connectivity index (χ0v) is 27.5. The summed E-state index contributed by atoms with van der Waals surface area (Å²) in [7, 11) is 0. The minimum absolute atomic E-state index is 0.0120. The Labute approximate surface area is 280 Å². The molecule has 0 spiro atoms. The highest BCUT2D eigenvalue weighted by Gasteiger charge is 2.08. The van der Waals surface area contributed by atoms with E-state index in [9.17, 15) is 19.8 Å². The molecule has 0 aliphatic heterocycles. The largest absolute Gasteiger partial charge is 0.507 e. The van der Waals surface area contributed by atoms with Crippen LogP contribution in [0.5, 0.6) is 0 Å². The predicted octanol–water partition coefficient (Wildman–Crippen LogP) is 11.3. The third kappa shape index (κ3) is 12.5. The first-order valence-corrected chi connectivity index (χ1v) is 17.2. The highest BCUT2D eigenvalue weighted by Crippen LogP contribution is 2.17. The van der Waals surface area contributed by atoms with Crippen LogP contribution in [0.25, 0.3) is 11.5 Å². The van der Waals surface area contributed by atoms with Crippen molar-refractivity contribution < 1.29 is 19.8 Å². The fourth-order valence-corrected chi connectivity index (χ4v) is 5.72. The van der Waals surface area contributed by atoms with Gasteiger partial charge in [-0.05, 0) is 36.8 Å². The second-order valence-corrected chi connectivity index (χ2v) is 12.3. The first kappa shape index (κ1) is 35.2. The number of aliphatic hydroxyl groups is 2. The summed E-state index contributed by atoms with van der Waals surface area (Å²) < 4.78 is 0. The Kier molecular flexibility index (Phi) is 14.8. The number of aliphatic hydroxyl groups excluding tert-OH is 2. The molecule has 0 atom stereocenters. The van der Waals surface area contributed by atoms with Gasteiger partial charge in [0, 0.05) is 34.4 Å². The zero-order valence-electron chi connectivity index (χ0n) is 27.5. The zero-order chi connectivity index (χ0) is 33.1. The van der Waals surface area contributed by atoms with Crippen LogP contribution in [-0.2, 0) is 12.8 Å². The molecule has 244 valence electrons. The van der Waals surface area contributed by atoms with Gasteiger partial charge in [0.2, 0.25) is 0 Å². The van der Waals surface area contributed by atoms with Crippen molar-refractivity contribution in [3.05, 3.63) is 155 Å². The highest BCUT2D eigenvalue weighted by atomic mass is 16.3. The minimum atomic E-state index is -0.189. The average Bonchev–Trinajstić information content (AvgIpc) is 3.11. The molecule has 2 N–H and O–H groups in total. The Balaban J connectivity index is 0.983. The van der Waals surface area contributed by atoms with Gasteiger partial charge < -0.3 is 10.2 Å². The molecule has 4 aromatic carbocycles. The third-order valence-electron chi connectivity index (χ3n) is 8.58. The van der Waals surface area contributed by atoms with E-state index in [0.717, 1.165) is 25.7 Å². The summed E-state index contributed by atoms with van der Waals surface area (Å²) in [6.45, 7) is 0. The van der Waals surface area contributed by atoms with E-state index in [1.165, 1.54) is 81.1 Å². The van der Waals surface area contributed by atoms with Crippen LogP contribution >= 0.6 is 0 Å². The van der Waals surface area contributed by atoms with Gasteiger partial charge in [-0.3, -0.25) is 9.59 Å². The smallest absolute Gasteiger partial charge is 0.189 e. The molecule has 4 nitrogen and oxygen atoms in total. The van der Waals surface area contributed by atoms with Gasteiger partial charge in [0.1, 0.15) is 11.5 Å². The van der Waals surface area contributed by atoms with Crippen LogP contribution in [0.1, 0.15) is 114 Å². The van der Waals surface area contributed by atoms with Gasteiger partial charge in [-0.1, -0.05) is 167 Å². The van der Waals surface area contributed by atoms with Crippen LogP contribution in [0.2, 0.25) is 0 Å². The summed E-state index contributed by atoms with van der Waals surface area (Å²) in [6.07, 6.45) is 18.5. The van der Waals surface area contributed by atoms with E-state index in [1.807, 2.05) is 84.9 Å². The molecule has 4 heteroatoms. The van der Waals surface area contributed by atoms with E-state index in [1.54, 1.807) is 24.3 Å². The molecule has 0 heterocycles. The van der Waals surface area contributed by atoms with Crippen molar-refractivity contribution in [3.8, 4) is 0 Å². The Morgan fingerprint density at radius 3 is 1.00 bits per heavy atom. The lowest BCUT2D eigenvalue weighted by Gasteiger charge is -2.05. The molecular formula is C43H48O4. The quantitative estimate of drug-likeness (QED) is 0.0442. The van der Waals surface area contributed by atoms with Crippen molar-refractivity contribution >= 4 is 23.1 Å². The van der Waals surface area contributed by atoms with E-state index in [2.05, 4.69) is 0 Å². The van der Waals surface area contributed by atoms with E-state index in [-0.39, 0.29) is 23.1 Å². The van der Waals surface area contributed by atoms with E-state index in [4.69, 9.17) is 0 Å². The van der Waals surface area contributed by atoms with Gasteiger partial charge in [0.05, 0.1) is 0 Å². The van der Waals surface area contributed by atoms with Gasteiger partial charge in [-0.25, -0.2) is 0 Å². The van der Waals surface area contributed by atoms with Crippen molar-refractivity contribution in [1.82, 2.24) is 0 Å². The summed E-state index contributed by atoms with van der Waals surface area (Å²) >= 11 is 0. The topological polar surface area (TPSA) is 74.6 Å². The SMILES string of the molecule is O=C(/C=C(\O)c1ccccc1)c1ccc(CCCCCCCCCCCCCc2ccc(C(=O)/C=C(/O)c3ccccc3)cc2)cc1. The Morgan fingerprint density at radius 2 is 0.681 bits per heavy atom. The van der Waals surface area contributed by atoms with E-state index < -0.39 is 0 Å². The van der Waals surface area contributed by atoms with Crippen molar-refractivity contribution in [2.45, 2.75) is 83.5 Å². The van der Waals surface area contributed by atoms with E-state index in [0.29, 0.717) is 22.3 Å². The van der Waals surface area contributed by atoms with Crippen LogP contribution in [0.3, 0.4) is 0 Å². The summed E-state index contributed by atoms with van der Waals surface area (Å²) in [5, 5.41) is 20.4. The number of unbranched alkanes of at least 4 members (excludes halogenated alkanes) is 10. The molecule has 0 radical (unpaired) electrons. The van der Waals surface area contributed by atoms with Crippen LogP contribution in [-0.4, -0.2) is 21.8 Å². The van der Waals surface area contributed by atoms with Crippen LogP contribution in [0.15, 0.2) is 121 Å². The second-order valence-electron chi connectivity index (χ2n) is 12.3. The number of rotatable bonds is 20. The molecular weight excluding hydrogens is 580 g/mol. The first-order valence-electron chi connectivity index (χ1n) is 17.2. The number of hydrogen-bond donors (Lipinski definition) is 2. The van der Waals surface area contributed by atoms with Crippen LogP contribution in [0, 0.1) is 0 Å². The van der Waals surface area contributed by atoms with Gasteiger partial charge in [0.15, 0.2) is 11.6 Å². The Hall–Kier alpha value is -4.70. The normalized spacial score (nSPS) is 11.8. The molecule has 0 saturated heterocycles. The maximum absolute atomic E-state index is 12.5. The Bertz CT molecular complexity index is 1450. The predicted molar refractivity (Wildman–Crippen MR) is 194 cm³/mol. The van der Waals surface area contributed by atoms with Crippen molar-refractivity contribution in [1.29, 1.82) is 0 Å². The fraction of sp³-hybridized carbons (Fsp3) is 0.302. The lowest BCUT2D eigenvalue weighted by molar-refractivity contribution is 0.103. The standard InChI is InChI=1S/C43H48O4/c44-40(36-20-14-10-15-21-36)32-42(46)38-28-24-34(25-29-38)18-12-8-6-4-2-1-3-5-7-9-13-19-35-26-30-39(31-27-35)43(47)33-41(45)37-22-16-11-17-23-37/h10-11,14-17,20-33,44-45H,1-9,12-13,18-19H2/b40-32-,41-33+. The summed E-state index contributed by atoms with van der Waals surface area (Å²) in [4.78, 5) is 25.0. The molecule has 0 fully saturated rings. The molecule has 47 heavy (non-hydrogen) atoms. The molecule has 0 aromatic heterocycles. The number of carbonyl (C=O) groups is 2. The van der Waals surface area contributed by atoms with Crippen molar-refractivity contribution in [2.24, 2.45) is 0 Å². The minimum Gasteiger partial charge on any atom is -0.507 e. The number of benzene rings is 4. The molecule has 0 bridgehead atoms. The molecule has 0 amide bonds. The van der Waals surface area contributed by atoms with Crippen LogP contribution < -0.4 is 0 Å². The monoisotopic (exact) mass is 628 g/mol. The van der Waals surface area contributed by atoms with Crippen molar-refractivity contribution in [2.75, 3.05) is 0 Å². The number of carbonyl (C=O) groups excluding carboxylic acids is 2. The molecule has 4 rings (SSSR count). The summed E-state index contributed by atoms with van der Waals surface area (Å²) in [5.41, 5.74) is 4.95. The van der Waals surface area contributed by atoms with E-state index >= 15 is 0 Å². The fourth-order valence-electron chi connectivity index (χ4n) is 5.72. The van der Waals surface area contributed by atoms with Crippen molar-refractivity contribution in [3.63, 3.8) is 0 Å². The number of aryl methyl sites for hydroxylation is 2. The molecule has 0 saturated carbocycles. The van der Waals surface area contributed by atoms with Gasteiger partial charge in [-0.15, -0.1) is 0 Å². The molecule has 0 aliphatic carbocycles. The Morgan fingerprint density at radius 1 is 0.383 bits per heavy atom. The molecule has 0 aliphatic rings. The lowest BCUT2D eigenvalue weighted by atomic mass is 10.0. The summed E-state index contributed by atoms with van der Waals surface area (Å²) in [6, 6.07) is 33.7. The summed E-state index contributed by atoms with van der Waals surface area (Å²) in [5.74, 6) is -0.402. The van der Waals surface area contributed by atoms with Gasteiger partial charge in [-0.2, -0.15) is 0 Å². The molecule has 0 unspecified atom stereocenters. The number of allylic oxidation sites excluding steroid dienone is 2. The third-order valence-corrected chi connectivity index (χ3v) is 8.58. The maximum Gasteiger partial charge on any atom is 0.189 e. The second kappa shape index (κ2) is 19.7. The number of ketones is 2. The first-order chi connectivity index (χ1) is 23.0. The molecule has 4 aromatic rings. The maximum atomic E-state index is 12.5. The highest BCUT2D eigenvalue weighted by molar-refractivity contribution is 6.08. The average molecular weight is 629 g/mol. The van der Waals surface area contributed by atoms with Gasteiger partial charge in [0.25, 0.3) is 0 Å². The number of hydrogen-bond acceptors (Lipinski definition) is 4. The van der Waals surface area contributed by atoms with Crippen LogP contribution in [0.4, 0.5) is 0 Å². The lowest BCUT2D eigenvalue weighted by Crippen LogP contribution is -1.97.